The van der Waals surface area contributed by atoms with E-state index in [1.807, 2.05) is 0 Å². The number of nitrogens with one attached hydrogen (secondary N) is 1. The SMILES string of the molecule is CCCCC(CC)COCC(O)CNCCC1CC1. The minimum Gasteiger partial charge on any atom is -0.389 e. The van der Waals surface area contributed by atoms with Crippen LogP contribution in [0.5, 0.6) is 0 Å². The van der Waals surface area contributed by atoms with Crippen LogP contribution in [0.2, 0.25) is 0 Å². The van der Waals surface area contributed by atoms with Crippen LogP contribution >= 0.6 is 0 Å². The third kappa shape index (κ3) is 9.42. The zero-order valence-corrected chi connectivity index (χ0v) is 12.9. The highest BCUT2D eigenvalue weighted by Crippen LogP contribution is 2.31. The Labute approximate surface area is 119 Å². The molecule has 3 nitrogen and oxygen atoms in total. The van der Waals surface area contributed by atoms with Gasteiger partial charge in [-0.25, -0.2) is 0 Å². The molecule has 0 spiro atoms. The molecule has 1 rings (SSSR count). The monoisotopic (exact) mass is 271 g/mol. The summed E-state index contributed by atoms with van der Waals surface area (Å²) in [7, 11) is 0. The van der Waals surface area contributed by atoms with Gasteiger partial charge in [0.2, 0.25) is 0 Å². The van der Waals surface area contributed by atoms with E-state index in [1.54, 1.807) is 0 Å². The van der Waals surface area contributed by atoms with Gasteiger partial charge in [-0.05, 0) is 31.2 Å². The normalized spacial score (nSPS) is 18.5. The van der Waals surface area contributed by atoms with Crippen molar-refractivity contribution in [2.45, 2.75) is 64.9 Å². The molecule has 0 heterocycles. The summed E-state index contributed by atoms with van der Waals surface area (Å²) in [6.07, 6.45) is 8.69. The smallest absolute Gasteiger partial charge is 0.0897 e. The molecular formula is C16H33NO2. The summed E-state index contributed by atoms with van der Waals surface area (Å²) >= 11 is 0. The van der Waals surface area contributed by atoms with E-state index in [4.69, 9.17) is 4.74 Å². The Morgan fingerprint density at radius 3 is 2.68 bits per heavy atom. The van der Waals surface area contributed by atoms with E-state index < -0.39 is 0 Å². The fourth-order valence-corrected chi connectivity index (χ4v) is 2.31. The molecule has 1 fully saturated rings. The number of ether oxygens (including phenoxy) is 1. The Morgan fingerprint density at radius 1 is 1.26 bits per heavy atom. The fraction of sp³-hybridized carbons (Fsp3) is 1.00. The van der Waals surface area contributed by atoms with Crippen molar-refractivity contribution in [3.05, 3.63) is 0 Å². The molecule has 0 aromatic rings. The van der Waals surface area contributed by atoms with Crippen molar-refractivity contribution in [3.8, 4) is 0 Å². The molecule has 2 N–H and O–H groups in total. The maximum absolute atomic E-state index is 9.80. The lowest BCUT2D eigenvalue weighted by Gasteiger charge is -2.17. The van der Waals surface area contributed by atoms with E-state index in [2.05, 4.69) is 19.2 Å². The van der Waals surface area contributed by atoms with E-state index in [-0.39, 0.29) is 6.10 Å². The zero-order valence-electron chi connectivity index (χ0n) is 12.9. The first-order chi connectivity index (χ1) is 9.26. The Hall–Kier alpha value is -0.120. The zero-order chi connectivity index (χ0) is 13.9. The van der Waals surface area contributed by atoms with E-state index in [0.717, 1.165) is 19.1 Å². The van der Waals surface area contributed by atoms with Crippen molar-refractivity contribution in [1.29, 1.82) is 0 Å². The molecule has 0 aromatic heterocycles. The molecule has 1 aliphatic carbocycles. The maximum Gasteiger partial charge on any atom is 0.0897 e. The first kappa shape index (κ1) is 16.9. The van der Waals surface area contributed by atoms with E-state index >= 15 is 0 Å². The van der Waals surface area contributed by atoms with Gasteiger partial charge in [-0.2, -0.15) is 0 Å². The Balaban J connectivity index is 1.90. The second-order valence-electron chi connectivity index (χ2n) is 6.04. The molecular weight excluding hydrogens is 238 g/mol. The van der Waals surface area contributed by atoms with Gasteiger partial charge in [0.15, 0.2) is 0 Å². The molecule has 0 aromatic carbocycles. The van der Waals surface area contributed by atoms with Crippen LogP contribution < -0.4 is 5.32 Å². The molecule has 114 valence electrons. The summed E-state index contributed by atoms with van der Waals surface area (Å²) in [5.74, 6) is 1.62. The van der Waals surface area contributed by atoms with Gasteiger partial charge in [0.25, 0.3) is 0 Å². The summed E-state index contributed by atoms with van der Waals surface area (Å²) in [6, 6.07) is 0. The van der Waals surface area contributed by atoms with Crippen LogP contribution in [0.3, 0.4) is 0 Å². The predicted octanol–water partition coefficient (Wildman–Crippen LogP) is 2.97. The van der Waals surface area contributed by atoms with Crippen molar-refractivity contribution >= 4 is 0 Å². The lowest BCUT2D eigenvalue weighted by Crippen LogP contribution is -2.31. The second kappa shape index (κ2) is 10.6. The highest BCUT2D eigenvalue weighted by Gasteiger charge is 2.20. The Kier molecular flexibility index (Phi) is 9.48. The average molecular weight is 271 g/mol. The number of aliphatic hydroxyl groups is 1. The number of aliphatic hydroxyl groups excluding tert-OH is 1. The minimum atomic E-state index is -0.358. The van der Waals surface area contributed by atoms with E-state index in [1.165, 1.54) is 44.9 Å². The van der Waals surface area contributed by atoms with Crippen LogP contribution in [0.4, 0.5) is 0 Å². The third-order valence-corrected chi connectivity index (χ3v) is 4.01. The topological polar surface area (TPSA) is 41.5 Å². The molecule has 2 unspecified atom stereocenters. The Bertz CT molecular complexity index is 207. The first-order valence-electron chi connectivity index (χ1n) is 8.22. The standard InChI is InChI=1S/C16H33NO2/c1-3-5-6-14(4-2)12-19-13-16(18)11-17-10-9-15-7-8-15/h14-18H,3-13H2,1-2H3. The molecule has 19 heavy (non-hydrogen) atoms. The molecule has 1 saturated carbocycles. The predicted molar refractivity (Wildman–Crippen MR) is 80.3 cm³/mol. The summed E-state index contributed by atoms with van der Waals surface area (Å²) < 4.78 is 5.65. The van der Waals surface area contributed by atoms with Crippen molar-refractivity contribution in [1.82, 2.24) is 5.32 Å². The van der Waals surface area contributed by atoms with Gasteiger partial charge in [0, 0.05) is 13.2 Å². The van der Waals surface area contributed by atoms with Crippen LogP contribution in [0.25, 0.3) is 0 Å². The summed E-state index contributed by atoms with van der Waals surface area (Å²) in [6.45, 7) is 7.42. The second-order valence-corrected chi connectivity index (χ2v) is 6.04. The van der Waals surface area contributed by atoms with Crippen molar-refractivity contribution < 1.29 is 9.84 Å². The van der Waals surface area contributed by atoms with Crippen LogP contribution in [-0.2, 0) is 4.74 Å². The minimum absolute atomic E-state index is 0.358. The molecule has 0 bridgehead atoms. The lowest BCUT2D eigenvalue weighted by atomic mass is 10.0. The quantitative estimate of drug-likeness (QED) is 0.506. The van der Waals surface area contributed by atoms with Gasteiger partial charge < -0.3 is 15.2 Å². The number of hydrogen-bond acceptors (Lipinski definition) is 3. The number of unbranched alkanes of at least 4 members (excludes halogenated alkanes) is 1. The van der Waals surface area contributed by atoms with E-state index in [9.17, 15) is 5.11 Å². The molecule has 0 aliphatic heterocycles. The summed E-state index contributed by atoms with van der Waals surface area (Å²) in [4.78, 5) is 0. The summed E-state index contributed by atoms with van der Waals surface area (Å²) in [5.41, 5.74) is 0. The summed E-state index contributed by atoms with van der Waals surface area (Å²) in [5, 5.41) is 13.1. The third-order valence-electron chi connectivity index (χ3n) is 4.01. The van der Waals surface area contributed by atoms with Gasteiger partial charge in [-0.15, -0.1) is 0 Å². The van der Waals surface area contributed by atoms with Crippen LogP contribution in [0.1, 0.15) is 58.8 Å². The largest absolute Gasteiger partial charge is 0.389 e. The van der Waals surface area contributed by atoms with Crippen molar-refractivity contribution in [2.75, 3.05) is 26.3 Å². The van der Waals surface area contributed by atoms with Gasteiger partial charge in [-0.3, -0.25) is 0 Å². The van der Waals surface area contributed by atoms with Crippen LogP contribution in [0, 0.1) is 11.8 Å². The van der Waals surface area contributed by atoms with Gasteiger partial charge in [-0.1, -0.05) is 46.0 Å². The van der Waals surface area contributed by atoms with Crippen LogP contribution in [0.15, 0.2) is 0 Å². The fourth-order valence-electron chi connectivity index (χ4n) is 2.31. The van der Waals surface area contributed by atoms with Gasteiger partial charge in [0.05, 0.1) is 12.7 Å². The molecule has 3 heteroatoms. The molecule has 0 radical (unpaired) electrons. The highest BCUT2D eigenvalue weighted by molar-refractivity contribution is 4.74. The number of hydrogen-bond donors (Lipinski definition) is 2. The molecule has 2 atom stereocenters. The maximum atomic E-state index is 9.80. The highest BCUT2D eigenvalue weighted by atomic mass is 16.5. The van der Waals surface area contributed by atoms with Crippen LogP contribution in [-0.4, -0.2) is 37.5 Å². The molecule has 1 aliphatic rings. The van der Waals surface area contributed by atoms with Gasteiger partial charge >= 0.3 is 0 Å². The Morgan fingerprint density at radius 2 is 2.05 bits per heavy atom. The lowest BCUT2D eigenvalue weighted by molar-refractivity contribution is 0.0194. The van der Waals surface area contributed by atoms with Crippen molar-refractivity contribution in [3.63, 3.8) is 0 Å². The first-order valence-corrected chi connectivity index (χ1v) is 8.22. The average Bonchev–Trinajstić information content (AvgIpc) is 3.23. The molecule has 0 amide bonds. The number of rotatable bonds is 13. The van der Waals surface area contributed by atoms with Crippen molar-refractivity contribution in [2.24, 2.45) is 11.8 Å². The molecule has 0 saturated heterocycles. The van der Waals surface area contributed by atoms with Gasteiger partial charge in [0.1, 0.15) is 0 Å². The van der Waals surface area contributed by atoms with E-state index in [0.29, 0.717) is 19.1 Å².